The Balaban J connectivity index is 2.31. The zero-order valence-electron chi connectivity index (χ0n) is 11.0. The van der Waals surface area contributed by atoms with Crippen molar-refractivity contribution >= 4 is 23.3 Å². The fourth-order valence-corrected chi connectivity index (χ4v) is 2.59. The van der Waals surface area contributed by atoms with Gasteiger partial charge in [-0.15, -0.1) is 5.10 Å². The van der Waals surface area contributed by atoms with Gasteiger partial charge < -0.3 is 0 Å². The van der Waals surface area contributed by atoms with Gasteiger partial charge in [-0.05, 0) is 26.8 Å². The highest BCUT2D eigenvalue weighted by molar-refractivity contribution is 8.00. The third kappa shape index (κ3) is 2.53. The van der Waals surface area contributed by atoms with Crippen molar-refractivity contribution in [3.8, 4) is 0 Å². The molecule has 0 aliphatic heterocycles. The molecule has 0 amide bonds. The molecule has 1 unspecified atom stereocenters. The van der Waals surface area contributed by atoms with Crippen LogP contribution in [0, 0.1) is 13.8 Å². The van der Waals surface area contributed by atoms with Crippen LogP contribution in [0.1, 0.15) is 31.7 Å². The smallest absolute Gasteiger partial charge is 0.253 e. The predicted octanol–water partition coefficient (Wildman–Crippen LogP) is 2.20. The maximum absolute atomic E-state index is 11.6. The van der Waals surface area contributed by atoms with Crippen molar-refractivity contribution < 1.29 is 4.79 Å². The van der Waals surface area contributed by atoms with E-state index >= 15 is 0 Å². The molecule has 0 saturated heterocycles. The van der Waals surface area contributed by atoms with Crippen LogP contribution in [0.4, 0.5) is 0 Å². The molecular formula is C12H16N4OS. The van der Waals surface area contributed by atoms with Gasteiger partial charge in [0.2, 0.25) is 5.16 Å². The molecule has 1 atom stereocenters. The van der Waals surface area contributed by atoms with E-state index < -0.39 is 0 Å². The van der Waals surface area contributed by atoms with Gasteiger partial charge in [0.1, 0.15) is 5.78 Å². The van der Waals surface area contributed by atoms with Crippen LogP contribution < -0.4 is 0 Å². The number of nitrogens with zero attached hydrogens (tertiary/aromatic N) is 4. The van der Waals surface area contributed by atoms with Crippen molar-refractivity contribution in [1.29, 1.82) is 0 Å². The molecule has 0 N–H and O–H groups in total. The number of aromatic nitrogens is 4. The summed E-state index contributed by atoms with van der Waals surface area (Å²) in [7, 11) is 0. The maximum Gasteiger partial charge on any atom is 0.253 e. The van der Waals surface area contributed by atoms with Crippen molar-refractivity contribution in [2.45, 2.75) is 44.5 Å². The van der Waals surface area contributed by atoms with E-state index in [0.717, 1.165) is 11.4 Å². The number of hydrogen-bond acceptors (Lipinski definition) is 5. The molecule has 0 fully saturated rings. The third-order valence-corrected chi connectivity index (χ3v) is 3.68. The van der Waals surface area contributed by atoms with Crippen LogP contribution in [0.3, 0.4) is 0 Å². The number of ketones is 1. The van der Waals surface area contributed by atoms with Crippen LogP contribution in [0.2, 0.25) is 0 Å². The Labute approximate surface area is 110 Å². The summed E-state index contributed by atoms with van der Waals surface area (Å²) in [5, 5.41) is 4.85. The van der Waals surface area contributed by atoms with Gasteiger partial charge in [-0.25, -0.2) is 9.50 Å². The summed E-state index contributed by atoms with van der Waals surface area (Å²) in [4.78, 5) is 20.2. The molecule has 2 aromatic heterocycles. The Morgan fingerprint density at radius 2 is 2.17 bits per heavy atom. The lowest BCUT2D eigenvalue weighted by Gasteiger charge is -2.04. The van der Waals surface area contributed by atoms with E-state index in [1.54, 1.807) is 4.52 Å². The van der Waals surface area contributed by atoms with E-state index in [2.05, 4.69) is 15.1 Å². The SMILES string of the molecule is CCC(=O)C(C)Sc1nc2nc(C)cc(C)n2n1. The highest BCUT2D eigenvalue weighted by Crippen LogP contribution is 2.21. The van der Waals surface area contributed by atoms with E-state index in [-0.39, 0.29) is 11.0 Å². The first-order valence-corrected chi connectivity index (χ1v) is 6.79. The van der Waals surface area contributed by atoms with Gasteiger partial charge in [0.25, 0.3) is 5.78 Å². The standard InChI is InChI=1S/C12H16N4OS/c1-5-10(17)9(4)18-12-14-11-13-7(2)6-8(3)16(11)15-12/h6,9H,5H2,1-4H3. The second kappa shape index (κ2) is 5.06. The zero-order valence-corrected chi connectivity index (χ0v) is 11.8. The first kappa shape index (κ1) is 13.0. The van der Waals surface area contributed by atoms with Crippen LogP contribution >= 0.6 is 11.8 Å². The fourth-order valence-electron chi connectivity index (χ4n) is 1.71. The minimum Gasteiger partial charge on any atom is -0.298 e. The summed E-state index contributed by atoms with van der Waals surface area (Å²) in [6, 6.07) is 1.96. The normalized spacial score (nSPS) is 12.9. The Morgan fingerprint density at radius 1 is 1.44 bits per heavy atom. The van der Waals surface area contributed by atoms with Gasteiger partial charge in [0, 0.05) is 17.8 Å². The number of fused-ring (bicyclic) bond motifs is 1. The maximum atomic E-state index is 11.6. The molecule has 0 bridgehead atoms. The van der Waals surface area contributed by atoms with Gasteiger partial charge in [-0.1, -0.05) is 18.7 Å². The second-order valence-corrected chi connectivity index (χ2v) is 5.53. The largest absolute Gasteiger partial charge is 0.298 e. The molecule has 2 heterocycles. The molecule has 0 aliphatic rings. The Kier molecular flexibility index (Phi) is 3.65. The molecule has 0 saturated carbocycles. The van der Waals surface area contributed by atoms with Gasteiger partial charge in [-0.3, -0.25) is 4.79 Å². The fraction of sp³-hybridized carbons (Fsp3) is 0.500. The summed E-state index contributed by atoms with van der Waals surface area (Å²) in [5.41, 5.74) is 1.91. The lowest BCUT2D eigenvalue weighted by atomic mass is 10.2. The van der Waals surface area contributed by atoms with Gasteiger partial charge >= 0.3 is 0 Å². The first-order valence-electron chi connectivity index (χ1n) is 5.91. The topological polar surface area (TPSA) is 60.2 Å². The van der Waals surface area contributed by atoms with E-state index in [0.29, 0.717) is 17.4 Å². The second-order valence-electron chi connectivity index (χ2n) is 4.23. The molecule has 2 aromatic rings. The Bertz CT molecular complexity index is 593. The van der Waals surface area contributed by atoms with E-state index in [1.165, 1.54) is 11.8 Å². The monoisotopic (exact) mass is 264 g/mol. The van der Waals surface area contributed by atoms with Crippen LogP contribution in [0.15, 0.2) is 11.2 Å². The van der Waals surface area contributed by atoms with Crippen LogP contribution in [0.5, 0.6) is 0 Å². The quantitative estimate of drug-likeness (QED) is 0.792. The molecule has 18 heavy (non-hydrogen) atoms. The van der Waals surface area contributed by atoms with Gasteiger partial charge in [0.05, 0.1) is 5.25 Å². The highest BCUT2D eigenvalue weighted by atomic mass is 32.2. The van der Waals surface area contributed by atoms with Crippen LogP contribution in [0.25, 0.3) is 5.78 Å². The summed E-state index contributed by atoms with van der Waals surface area (Å²) in [6.07, 6.45) is 0.540. The number of carbonyl (C=O) groups is 1. The minimum absolute atomic E-state index is 0.117. The van der Waals surface area contributed by atoms with Crippen molar-refractivity contribution in [1.82, 2.24) is 19.6 Å². The van der Waals surface area contributed by atoms with Crippen molar-refractivity contribution in [3.05, 3.63) is 17.5 Å². The molecule has 6 heteroatoms. The summed E-state index contributed by atoms with van der Waals surface area (Å²) < 4.78 is 1.71. The van der Waals surface area contributed by atoms with Crippen molar-refractivity contribution in [2.75, 3.05) is 0 Å². The van der Waals surface area contributed by atoms with Gasteiger partial charge in [0.15, 0.2) is 0 Å². The molecule has 0 spiro atoms. The van der Waals surface area contributed by atoms with E-state index in [1.807, 2.05) is 33.8 Å². The number of hydrogen-bond donors (Lipinski definition) is 0. The van der Waals surface area contributed by atoms with Crippen molar-refractivity contribution in [3.63, 3.8) is 0 Å². The summed E-state index contributed by atoms with van der Waals surface area (Å²) in [5.74, 6) is 0.797. The lowest BCUT2D eigenvalue weighted by Crippen LogP contribution is -2.11. The van der Waals surface area contributed by atoms with E-state index in [9.17, 15) is 4.79 Å². The minimum atomic E-state index is -0.117. The first-order chi connectivity index (χ1) is 8.51. The van der Waals surface area contributed by atoms with Gasteiger partial charge in [-0.2, -0.15) is 4.98 Å². The number of Topliss-reactive ketones (excluding diaryl/α,β-unsaturated/α-hetero) is 1. The Morgan fingerprint density at radius 3 is 2.83 bits per heavy atom. The van der Waals surface area contributed by atoms with Crippen LogP contribution in [-0.4, -0.2) is 30.6 Å². The summed E-state index contributed by atoms with van der Waals surface area (Å²) in [6.45, 7) is 7.64. The average molecular weight is 264 g/mol. The summed E-state index contributed by atoms with van der Waals surface area (Å²) >= 11 is 1.38. The third-order valence-electron chi connectivity index (χ3n) is 2.68. The van der Waals surface area contributed by atoms with Crippen molar-refractivity contribution in [2.24, 2.45) is 0 Å². The molecule has 0 aliphatic carbocycles. The molecule has 0 radical (unpaired) electrons. The average Bonchev–Trinajstić information content (AvgIpc) is 2.70. The number of aryl methyl sites for hydroxylation is 2. The number of thioether (sulfide) groups is 1. The van der Waals surface area contributed by atoms with Crippen LogP contribution in [-0.2, 0) is 4.79 Å². The number of rotatable bonds is 4. The lowest BCUT2D eigenvalue weighted by molar-refractivity contribution is -0.118. The molecular weight excluding hydrogens is 248 g/mol. The Hall–Kier alpha value is -1.43. The predicted molar refractivity (Wildman–Crippen MR) is 70.9 cm³/mol. The zero-order chi connectivity index (χ0) is 13.3. The molecule has 2 rings (SSSR count). The van der Waals surface area contributed by atoms with E-state index in [4.69, 9.17) is 0 Å². The molecule has 0 aromatic carbocycles. The molecule has 5 nitrogen and oxygen atoms in total. The number of carbonyl (C=O) groups excluding carboxylic acids is 1. The molecule has 96 valence electrons. The highest BCUT2D eigenvalue weighted by Gasteiger charge is 2.16.